The fraction of sp³-hybridized carbons (Fsp3) is 0.400. The largest absolute Gasteiger partial charge is 0.479 e. The molecule has 3 aliphatic rings. The molecular weight excluding hydrogens is 462 g/mol. The molecule has 1 heterocycles. The normalized spacial score (nSPS) is 25.9. The Balaban J connectivity index is 1.14. The molecule has 2 aliphatic carbocycles. The number of carboxylic acids is 1. The average Bonchev–Trinajstić information content (AvgIpc) is 3.13. The van der Waals surface area contributed by atoms with Gasteiger partial charge < -0.3 is 25.2 Å². The number of aliphatic carboxylic acids is 1. The van der Waals surface area contributed by atoms with Crippen molar-refractivity contribution >= 4 is 18.0 Å². The SMILES string of the molecule is O=C(NCC1C(C(=O)N[C@@H]2CCO[C@@H]2C(=O)O)C1(F)F)OCC1c2ccccc2-c2ccccc21. The summed E-state index contributed by atoms with van der Waals surface area (Å²) in [7, 11) is 0. The van der Waals surface area contributed by atoms with Crippen LogP contribution in [-0.2, 0) is 19.1 Å². The lowest BCUT2D eigenvalue weighted by Crippen LogP contribution is -2.45. The second kappa shape index (κ2) is 8.92. The number of hydrogen-bond acceptors (Lipinski definition) is 5. The molecule has 0 spiro atoms. The summed E-state index contributed by atoms with van der Waals surface area (Å²) >= 11 is 0. The number of rotatable bonds is 7. The van der Waals surface area contributed by atoms with E-state index in [2.05, 4.69) is 10.6 Å². The molecule has 2 amide bonds. The maximum Gasteiger partial charge on any atom is 0.407 e. The zero-order chi connectivity index (χ0) is 24.7. The van der Waals surface area contributed by atoms with Gasteiger partial charge in [0, 0.05) is 19.1 Å². The first kappa shape index (κ1) is 23.2. The van der Waals surface area contributed by atoms with Crippen LogP contribution in [0, 0.1) is 11.8 Å². The monoisotopic (exact) mass is 486 g/mol. The Bertz CT molecular complexity index is 1130. The first-order valence-corrected chi connectivity index (χ1v) is 11.4. The molecule has 2 aromatic rings. The molecule has 8 nitrogen and oxygen atoms in total. The number of amides is 2. The molecule has 4 atom stereocenters. The Labute approximate surface area is 199 Å². The van der Waals surface area contributed by atoms with Crippen LogP contribution in [-0.4, -0.2) is 60.9 Å². The lowest BCUT2D eigenvalue weighted by molar-refractivity contribution is -0.148. The Morgan fingerprint density at radius 1 is 1.06 bits per heavy atom. The quantitative estimate of drug-likeness (QED) is 0.555. The molecule has 1 aliphatic heterocycles. The number of benzene rings is 2. The predicted molar refractivity (Wildman–Crippen MR) is 119 cm³/mol. The second-order valence-electron chi connectivity index (χ2n) is 9.00. The fourth-order valence-electron chi connectivity index (χ4n) is 5.10. The van der Waals surface area contributed by atoms with Crippen molar-refractivity contribution in [2.45, 2.75) is 30.4 Å². The van der Waals surface area contributed by atoms with Gasteiger partial charge in [-0.1, -0.05) is 48.5 Å². The van der Waals surface area contributed by atoms with Crippen molar-refractivity contribution in [3.8, 4) is 11.1 Å². The molecule has 0 bridgehead atoms. The minimum absolute atomic E-state index is 0.0447. The minimum Gasteiger partial charge on any atom is -0.479 e. The van der Waals surface area contributed by atoms with Gasteiger partial charge in [-0.2, -0.15) is 0 Å². The zero-order valence-corrected chi connectivity index (χ0v) is 18.6. The van der Waals surface area contributed by atoms with Crippen molar-refractivity contribution in [1.29, 1.82) is 0 Å². The van der Waals surface area contributed by atoms with Gasteiger partial charge in [0.15, 0.2) is 6.10 Å². The third-order valence-corrected chi connectivity index (χ3v) is 6.96. The van der Waals surface area contributed by atoms with Gasteiger partial charge in [-0.05, 0) is 28.7 Å². The van der Waals surface area contributed by atoms with E-state index in [1.165, 1.54) is 0 Å². The second-order valence-corrected chi connectivity index (χ2v) is 9.00. The number of hydrogen-bond donors (Lipinski definition) is 3. The van der Waals surface area contributed by atoms with Gasteiger partial charge in [0.25, 0.3) is 5.92 Å². The van der Waals surface area contributed by atoms with Crippen molar-refractivity contribution in [2.24, 2.45) is 11.8 Å². The van der Waals surface area contributed by atoms with Crippen molar-refractivity contribution in [3.05, 3.63) is 59.7 Å². The molecule has 5 rings (SSSR count). The van der Waals surface area contributed by atoms with Gasteiger partial charge in [-0.3, -0.25) is 4.79 Å². The highest BCUT2D eigenvalue weighted by Gasteiger charge is 2.71. The third-order valence-electron chi connectivity index (χ3n) is 6.96. The van der Waals surface area contributed by atoms with Crippen LogP contribution in [0.15, 0.2) is 48.5 Å². The zero-order valence-electron chi connectivity index (χ0n) is 18.6. The number of halogens is 2. The summed E-state index contributed by atoms with van der Waals surface area (Å²) in [5.74, 6) is -8.72. The summed E-state index contributed by atoms with van der Waals surface area (Å²) in [6.45, 7) is -0.274. The van der Waals surface area contributed by atoms with E-state index in [1.54, 1.807) is 0 Å². The molecule has 10 heteroatoms. The first-order chi connectivity index (χ1) is 16.8. The van der Waals surface area contributed by atoms with Gasteiger partial charge in [0.05, 0.1) is 12.0 Å². The molecule has 184 valence electrons. The van der Waals surface area contributed by atoms with Gasteiger partial charge in [-0.25, -0.2) is 18.4 Å². The number of carbonyl (C=O) groups is 3. The van der Waals surface area contributed by atoms with E-state index in [4.69, 9.17) is 14.6 Å². The van der Waals surface area contributed by atoms with E-state index in [0.29, 0.717) is 0 Å². The molecule has 35 heavy (non-hydrogen) atoms. The van der Waals surface area contributed by atoms with Gasteiger partial charge in [0.1, 0.15) is 12.5 Å². The van der Waals surface area contributed by atoms with E-state index >= 15 is 0 Å². The van der Waals surface area contributed by atoms with Crippen molar-refractivity contribution < 1.29 is 37.7 Å². The molecule has 3 N–H and O–H groups in total. The number of alkyl halides is 2. The lowest BCUT2D eigenvalue weighted by atomic mass is 9.98. The highest BCUT2D eigenvalue weighted by atomic mass is 19.3. The van der Waals surface area contributed by atoms with E-state index in [1.807, 2.05) is 48.5 Å². The maximum absolute atomic E-state index is 14.3. The van der Waals surface area contributed by atoms with Crippen LogP contribution in [0.3, 0.4) is 0 Å². The van der Waals surface area contributed by atoms with Crippen LogP contribution >= 0.6 is 0 Å². The molecule has 1 saturated carbocycles. The predicted octanol–water partition coefficient (Wildman–Crippen LogP) is 2.76. The number of carbonyl (C=O) groups excluding carboxylic acids is 2. The van der Waals surface area contributed by atoms with E-state index in [0.717, 1.165) is 22.3 Å². The van der Waals surface area contributed by atoms with Crippen LogP contribution in [0.4, 0.5) is 13.6 Å². The number of carboxylic acid groups (broad SMARTS) is 1. The van der Waals surface area contributed by atoms with Crippen molar-refractivity contribution in [2.75, 3.05) is 19.8 Å². The number of fused-ring (bicyclic) bond motifs is 3. The van der Waals surface area contributed by atoms with Crippen LogP contribution in [0.1, 0.15) is 23.5 Å². The Hall–Kier alpha value is -3.53. The molecule has 0 radical (unpaired) electrons. The summed E-state index contributed by atoms with van der Waals surface area (Å²) in [6.07, 6.45) is -1.88. The molecule has 2 aromatic carbocycles. The molecule has 1 saturated heterocycles. The van der Waals surface area contributed by atoms with Gasteiger partial charge in [0.2, 0.25) is 5.91 Å². The number of ether oxygens (including phenoxy) is 2. The van der Waals surface area contributed by atoms with E-state index in [9.17, 15) is 23.2 Å². The molecule has 2 unspecified atom stereocenters. The summed E-state index contributed by atoms with van der Waals surface area (Å²) in [6, 6.07) is 14.8. The van der Waals surface area contributed by atoms with Crippen LogP contribution < -0.4 is 10.6 Å². The smallest absolute Gasteiger partial charge is 0.407 e. The Morgan fingerprint density at radius 2 is 1.69 bits per heavy atom. The third kappa shape index (κ3) is 4.22. The average molecular weight is 486 g/mol. The molecule has 0 aromatic heterocycles. The fourth-order valence-corrected chi connectivity index (χ4v) is 5.10. The van der Waals surface area contributed by atoms with Crippen LogP contribution in [0.25, 0.3) is 11.1 Å². The van der Waals surface area contributed by atoms with Crippen LogP contribution in [0.5, 0.6) is 0 Å². The standard InChI is InChI=1S/C25H24F2N2O6/c26-25(27)18(20(25)22(30)29-19-9-10-34-21(19)23(31)32)11-28-24(33)35-12-17-15-7-3-1-5-13(15)14-6-2-4-8-16(14)17/h1-8,17-21H,9-12H2,(H,28,33)(H,29,30)(H,31,32)/t18?,19-,20?,21+/m1/s1. The summed E-state index contributed by atoms with van der Waals surface area (Å²) in [5.41, 5.74) is 4.20. The summed E-state index contributed by atoms with van der Waals surface area (Å²) < 4.78 is 38.9. The van der Waals surface area contributed by atoms with Gasteiger partial charge in [-0.15, -0.1) is 0 Å². The first-order valence-electron chi connectivity index (χ1n) is 11.4. The van der Waals surface area contributed by atoms with Gasteiger partial charge >= 0.3 is 12.1 Å². The maximum atomic E-state index is 14.3. The lowest BCUT2D eigenvalue weighted by Gasteiger charge is -2.16. The Morgan fingerprint density at radius 3 is 2.31 bits per heavy atom. The van der Waals surface area contributed by atoms with E-state index in [-0.39, 0.29) is 25.6 Å². The topological polar surface area (TPSA) is 114 Å². The molecule has 2 fully saturated rings. The summed E-state index contributed by atoms with van der Waals surface area (Å²) in [4.78, 5) is 35.8. The summed E-state index contributed by atoms with van der Waals surface area (Å²) in [5, 5.41) is 13.8. The van der Waals surface area contributed by atoms with Crippen molar-refractivity contribution in [1.82, 2.24) is 10.6 Å². The number of alkyl carbamates (subject to hydrolysis) is 1. The highest BCUT2D eigenvalue weighted by molar-refractivity contribution is 5.85. The number of nitrogens with one attached hydrogen (secondary N) is 2. The minimum atomic E-state index is -3.31. The van der Waals surface area contributed by atoms with E-state index < -0.39 is 54.4 Å². The van der Waals surface area contributed by atoms with Crippen molar-refractivity contribution in [3.63, 3.8) is 0 Å². The highest BCUT2D eigenvalue weighted by Crippen LogP contribution is 2.55. The molecular formula is C25H24F2N2O6. The van der Waals surface area contributed by atoms with Crippen LogP contribution in [0.2, 0.25) is 0 Å². The Kier molecular flexibility index (Phi) is 5.92.